The smallest absolute Gasteiger partial charge is 0.254 e. The average Bonchev–Trinajstić information content (AvgIpc) is 3.40. The van der Waals surface area contributed by atoms with Crippen LogP contribution in [-0.2, 0) is 16.0 Å². The van der Waals surface area contributed by atoms with E-state index < -0.39 is 0 Å². The van der Waals surface area contributed by atoms with E-state index in [1.807, 2.05) is 60.5 Å². The van der Waals surface area contributed by atoms with Crippen LogP contribution < -0.4 is 15.4 Å². The van der Waals surface area contributed by atoms with Crippen molar-refractivity contribution in [1.82, 2.24) is 19.5 Å². The van der Waals surface area contributed by atoms with Gasteiger partial charge in [0.25, 0.3) is 5.91 Å². The zero-order chi connectivity index (χ0) is 31.0. The lowest BCUT2D eigenvalue weighted by Crippen LogP contribution is -2.67. The van der Waals surface area contributed by atoms with Crippen LogP contribution in [0.25, 0.3) is 16.8 Å². The molecule has 4 heterocycles. The van der Waals surface area contributed by atoms with Crippen LogP contribution in [0, 0.1) is 11.2 Å². The first kappa shape index (κ1) is 28.5. The highest BCUT2D eigenvalue weighted by Crippen LogP contribution is 2.39. The van der Waals surface area contributed by atoms with E-state index in [1.165, 1.54) is 12.1 Å². The van der Waals surface area contributed by atoms with Crippen molar-refractivity contribution < 1.29 is 23.5 Å². The molecule has 228 valence electrons. The van der Waals surface area contributed by atoms with Gasteiger partial charge in [-0.3, -0.25) is 9.59 Å². The van der Waals surface area contributed by atoms with Gasteiger partial charge in [-0.25, -0.2) is 8.91 Å². The van der Waals surface area contributed by atoms with Gasteiger partial charge in [-0.2, -0.15) is 4.98 Å². The molecule has 1 spiro atoms. The van der Waals surface area contributed by atoms with Gasteiger partial charge in [0, 0.05) is 36.1 Å². The third kappa shape index (κ3) is 5.94. The number of pyridine rings is 1. The first-order valence-corrected chi connectivity index (χ1v) is 14.8. The molecule has 2 aromatic heterocycles. The fourth-order valence-electron chi connectivity index (χ4n) is 5.66. The Hall–Kier alpha value is -5.29. The number of fused-ring (bicyclic) bond motifs is 1. The molecule has 0 aliphatic carbocycles. The highest BCUT2D eigenvalue weighted by atomic mass is 19.1. The number of carbonyl (C=O) groups excluding carboxylic acids is 2. The summed E-state index contributed by atoms with van der Waals surface area (Å²) in [6.45, 7) is 5.24. The number of hydrogen-bond acceptors (Lipinski definition) is 7. The Balaban J connectivity index is 1.02. The molecule has 11 heteroatoms. The number of hydrogen-bond donors (Lipinski definition) is 2. The van der Waals surface area contributed by atoms with Crippen molar-refractivity contribution in [3.63, 3.8) is 0 Å². The fraction of sp³-hybridized carbons (Fsp3) is 0.235. The summed E-state index contributed by atoms with van der Waals surface area (Å²) in [5.41, 5.74) is 5.31. The highest BCUT2D eigenvalue weighted by Gasteiger charge is 2.50. The molecule has 45 heavy (non-hydrogen) atoms. The molecule has 2 N–H and O–H groups in total. The molecule has 0 saturated carbocycles. The summed E-state index contributed by atoms with van der Waals surface area (Å²) >= 11 is 0. The molecule has 0 radical (unpaired) electrons. The molecule has 0 unspecified atom stereocenters. The van der Waals surface area contributed by atoms with Gasteiger partial charge in [0.15, 0.2) is 5.65 Å². The van der Waals surface area contributed by atoms with E-state index in [0.717, 1.165) is 43.0 Å². The minimum atomic E-state index is -0.332. The third-order valence-corrected chi connectivity index (χ3v) is 8.04. The second-order valence-electron chi connectivity index (χ2n) is 11.5. The monoisotopic (exact) mass is 606 g/mol. The van der Waals surface area contributed by atoms with E-state index in [9.17, 15) is 14.0 Å². The first-order chi connectivity index (χ1) is 21.9. The first-order valence-electron chi connectivity index (χ1n) is 14.8. The Bertz CT molecular complexity index is 1880. The van der Waals surface area contributed by atoms with Crippen LogP contribution in [0.4, 0.5) is 21.7 Å². The molecule has 2 amide bonds. The van der Waals surface area contributed by atoms with Gasteiger partial charge >= 0.3 is 0 Å². The minimum absolute atomic E-state index is 0.0150. The van der Waals surface area contributed by atoms with E-state index >= 15 is 0 Å². The summed E-state index contributed by atoms with van der Waals surface area (Å²) in [5, 5.41) is 10.7. The van der Waals surface area contributed by atoms with E-state index in [-0.39, 0.29) is 29.5 Å². The van der Waals surface area contributed by atoms with Crippen molar-refractivity contribution in [2.24, 2.45) is 5.41 Å². The van der Waals surface area contributed by atoms with Crippen LogP contribution in [0.5, 0.6) is 5.75 Å². The number of anilines is 3. The topological polar surface area (TPSA) is 110 Å². The number of carbonyl (C=O) groups is 2. The molecule has 0 atom stereocenters. The van der Waals surface area contributed by atoms with Crippen molar-refractivity contribution in [1.29, 1.82) is 0 Å². The minimum Gasteiger partial charge on any atom is -0.492 e. The van der Waals surface area contributed by atoms with Gasteiger partial charge in [0.2, 0.25) is 11.9 Å². The van der Waals surface area contributed by atoms with Crippen molar-refractivity contribution in [3.05, 3.63) is 102 Å². The lowest BCUT2D eigenvalue weighted by molar-refractivity contribution is -0.176. The van der Waals surface area contributed by atoms with Crippen molar-refractivity contribution >= 4 is 34.8 Å². The predicted octanol–water partition coefficient (Wildman–Crippen LogP) is 5.33. The van der Waals surface area contributed by atoms with Crippen molar-refractivity contribution in [2.75, 3.05) is 43.5 Å². The molecular weight excluding hydrogens is 575 g/mol. The standard InChI is InChI=1S/C34H31FN6O4/c1-2-45-29-16-24(32(43)40-18-34(19-40)20-44-21-34)7-13-28(29)37-33-38-30-14-8-25(17-41(30)39-33)23-5-11-27(12-6-23)36-31(42)15-22-3-9-26(35)10-4-22/h3-14,16-17H,2,15,18-21H2,1H3,(H,36,42)(H,37,39). The van der Waals surface area contributed by atoms with Gasteiger partial charge in [0.1, 0.15) is 11.6 Å². The van der Waals surface area contributed by atoms with Crippen molar-refractivity contribution in [2.45, 2.75) is 13.3 Å². The summed E-state index contributed by atoms with van der Waals surface area (Å²) in [7, 11) is 0. The SMILES string of the molecule is CCOc1cc(C(=O)N2CC3(COC3)C2)ccc1Nc1nc2ccc(-c3ccc(NC(=O)Cc4ccc(F)cc4)cc3)cn2n1. The second kappa shape index (κ2) is 11.7. The molecule has 2 aliphatic rings. The normalized spacial score (nSPS) is 14.9. The number of ether oxygens (including phenoxy) is 2. The number of amides is 2. The van der Waals surface area contributed by atoms with Crippen LogP contribution in [0.15, 0.2) is 85.1 Å². The Morgan fingerprint density at radius 3 is 2.44 bits per heavy atom. The average molecular weight is 607 g/mol. The molecule has 7 rings (SSSR count). The summed E-state index contributed by atoms with van der Waals surface area (Å²) in [6.07, 6.45) is 2.04. The predicted molar refractivity (Wildman–Crippen MR) is 167 cm³/mol. The van der Waals surface area contributed by atoms with E-state index in [4.69, 9.17) is 9.47 Å². The van der Waals surface area contributed by atoms with E-state index in [1.54, 1.807) is 28.8 Å². The number of benzene rings is 3. The van der Waals surface area contributed by atoms with Crippen LogP contribution in [0.2, 0.25) is 0 Å². The molecule has 2 aliphatic heterocycles. The second-order valence-corrected chi connectivity index (χ2v) is 11.5. The van der Waals surface area contributed by atoms with E-state index in [2.05, 4.69) is 20.7 Å². The Labute approximate surface area is 258 Å². The molecule has 3 aromatic carbocycles. The summed E-state index contributed by atoms with van der Waals surface area (Å²) in [6, 6.07) is 22.6. The quantitative estimate of drug-likeness (QED) is 0.233. The fourth-order valence-corrected chi connectivity index (χ4v) is 5.66. The lowest BCUT2D eigenvalue weighted by Gasteiger charge is -2.54. The van der Waals surface area contributed by atoms with Crippen LogP contribution in [0.3, 0.4) is 0 Å². The summed E-state index contributed by atoms with van der Waals surface area (Å²) in [4.78, 5) is 31.9. The van der Waals surface area contributed by atoms with Crippen molar-refractivity contribution in [3.8, 4) is 16.9 Å². The number of nitrogens with one attached hydrogen (secondary N) is 2. The van der Waals surface area contributed by atoms with Gasteiger partial charge in [-0.1, -0.05) is 24.3 Å². The van der Waals surface area contributed by atoms with Gasteiger partial charge in [-0.05, 0) is 72.6 Å². The summed E-state index contributed by atoms with van der Waals surface area (Å²) < 4.78 is 26.0. The maximum absolute atomic E-state index is 13.1. The Morgan fingerprint density at radius 1 is 0.978 bits per heavy atom. The third-order valence-electron chi connectivity index (χ3n) is 8.04. The maximum Gasteiger partial charge on any atom is 0.254 e. The zero-order valence-corrected chi connectivity index (χ0v) is 24.6. The van der Waals surface area contributed by atoms with Crippen LogP contribution in [0.1, 0.15) is 22.8 Å². The molecule has 2 fully saturated rings. The maximum atomic E-state index is 13.1. The van der Waals surface area contributed by atoms with Gasteiger partial charge < -0.3 is 25.0 Å². The number of halogens is 1. The zero-order valence-electron chi connectivity index (χ0n) is 24.6. The molecule has 0 bridgehead atoms. The number of aromatic nitrogens is 3. The molecule has 5 aromatic rings. The molecule has 10 nitrogen and oxygen atoms in total. The Kier molecular flexibility index (Phi) is 7.38. The molecule has 2 saturated heterocycles. The van der Waals surface area contributed by atoms with E-state index in [0.29, 0.717) is 40.9 Å². The number of rotatable bonds is 9. The van der Waals surface area contributed by atoms with Crippen LogP contribution in [-0.4, -0.2) is 64.2 Å². The number of likely N-dealkylation sites (tertiary alicyclic amines) is 1. The molecular formula is C34H31FN6O4. The van der Waals surface area contributed by atoms with Gasteiger partial charge in [-0.15, -0.1) is 5.10 Å². The largest absolute Gasteiger partial charge is 0.492 e. The van der Waals surface area contributed by atoms with Crippen LogP contribution >= 0.6 is 0 Å². The van der Waals surface area contributed by atoms with Gasteiger partial charge in [0.05, 0.1) is 37.3 Å². The Morgan fingerprint density at radius 2 is 1.73 bits per heavy atom. The lowest BCUT2D eigenvalue weighted by atomic mass is 9.78. The number of nitrogens with zero attached hydrogens (tertiary/aromatic N) is 4. The summed E-state index contributed by atoms with van der Waals surface area (Å²) in [5.74, 6) is 0.414. The highest BCUT2D eigenvalue weighted by molar-refractivity contribution is 5.96.